The van der Waals surface area contributed by atoms with Crippen molar-refractivity contribution < 1.29 is 10.2 Å². The molecule has 0 saturated carbocycles. The Morgan fingerprint density at radius 3 is 2.22 bits per heavy atom. The number of aromatic hydroxyl groups is 1. The summed E-state index contributed by atoms with van der Waals surface area (Å²) in [5.41, 5.74) is 3.61. The van der Waals surface area contributed by atoms with E-state index < -0.39 is 6.10 Å². The van der Waals surface area contributed by atoms with Gasteiger partial charge in [0.2, 0.25) is 0 Å². The van der Waals surface area contributed by atoms with E-state index in [2.05, 4.69) is 36.1 Å². The molecule has 1 fully saturated rings. The quantitative estimate of drug-likeness (QED) is 0.906. The first-order valence-corrected chi connectivity index (χ1v) is 8.38. The van der Waals surface area contributed by atoms with Gasteiger partial charge in [0.15, 0.2) is 0 Å². The maximum atomic E-state index is 10.4. The fourth-order valence-corrected chi connectivity index (χ4v) is 3.33. The lowest BCUT2D eigenvalue weighted by Gasteiger charge is -2.33. The number of phenols is 1. The molecule has 1 atom stereocenters. The summed E-state index contributed by atoms with van der Waals surface area (Å²) in [6.45, 7) is 4.82. The molecule has 1 aliphatic rings. The number of benzene rings is 2. The maximum Gasteiger partial charge on any atom is 0.115 e. The van der Waals surface area contributed by atoms with Crippen LogP contribution in [0.4, 0.5) is 0 Å². The van der Waals surface area contributed by atoms with Crippen LogP contribution in [0.3, 0.4) is 0 Å². The molecule has 3 rings (SSSR count). The molecule has 3 heteroatoms. The van der Waals surface area contributed by atoms with Gasteiger partial charge in [-0.15, -0.1) is 0 Å². The maximum absolute atomic E-state index is 10.4. The zero-order valence-electron chi connectivity index (χ0n) is 13.7. The Hall–Kier alpha value is -1.84. The summed E-state index contributed by atoms with van der Waals surface area (Å²) in [6, 6.07) is 15.7. The molecule has 2 aromatic carbocycles. The van der Waals surface area contributed by atoms with Crippen LogP contribution in [0.2, 0.25) is 0 Å². The number of likely N-dealkylation sites (tertiary alicyclic amines) is 1. The molecule has 0 radical (unpaired) electrons. The van der Waals surface area contributed by atoms with Crippen LogP contribution in [0.5, 0.6) is 5.75 Å². The second kappa shape index (κ2) is 7.16. The summed E-state index contributed by atoms with van der Waals surface area (Å²) >= 11 is 0. The van der Waals surface area contributed by atoms with Gasteiger partial charge in [0, 0.05) is 6.54 Å². The van der Waals surface area contributed by atoms with Gasteiger partial charge >= 0.3 is 0 Å². The van der Waals surface area contributed by atoms with Gasteiger partial charge in [-0.1, -0.05) is 42.0 Å². The lowest BCUT2D eigenvalue weighted by atomic mass is 9.89. The Morgan fingerprint density at radius 1 is 1.00 bits per heavy atom. The number of hydrogen-bond acceptors (Lipinski definition) is 3. The van der Waals surface area contributed by atoms with E-state index in [0.29, 0.717) is 12.5 Å². The minimum absolute atomic E-state index is 0.236. The van der Waals surface area contributed by atoms with Gasteiger partial charge < -0.3 is 15.1 Å². The number of β-amino-alcohol motifs (C(OH)–C–C–N with tert-alkyl or cyclic N) is 1. The van der Waals surface area contributed by atoms with Crippen molar-refractivity contribution in [2.75, 3.05) is 19.6 Å². The summed E-state index contributed by atoms with van der Waals surface area (Å²) in [5.74, 6) is 0.873. The molecule has 2 N–H and O–H groups in total. The topological polar surface area (TPSA) is 43.7 Å². The third kappa shape index (κ3) is 4.12. The first-order valence-electron chi connectivity index (χ1n) is 8.38. The van der Waals surface area contributed by atoms with Crippen molar-refractivity contribution in [1.29, 1.82) is 0 Å². The molecule has 1 saturated heterocycles. The smallest absolute Gasteiger partial charge is 0.115 e. The number of nitrogens with zero attached hydrogens (tertiary/aromatic N) is 1. The summed E-state index contributed by atoms with van der Waals surface area (Å²) in [5, 5.41) is 19.7. The summed E-state index contributed by atoms with van der Waals surface area (Å²) in [6.07, 6.45) is 1.79. The Bertz CT molecular complexity index is 613. The highest BCUT2D eigenvalue weighted by atomic mass is 16.3. The first kappa shape index (κ1) is 16.0. The largest absolute Gasteiger partial charge is 0.508 e. The Kier molecular flexibility index (Phi) is 4.99. The molecule has 0 aromatic heterocycles. The third-order valence-electron chi connectivity index (χ3n) is 4.85. The highest BCUT2D eigenvalue weighted by Crippen LogP contribution is 2.29. The molecular formula is C20H25NO2. The van der Waals surface area contributed by atoms with E-state index in [1.807, 2.05) is 0 Å². The minimum Gasteiger partial charge on any atom is -0.508 e. The lowest BCUT2D eigenvalue weighted by Crippen LogP contribution is -2.36. The zero-order chi connectivity index (χ0) is 16.2. The van der Waals surface area contributed by atoms with Crippen LogP contribution >= 0.6 is 0 Å². The number of rotatable bonds is 4. The van der Waals surface area contributed by atoms with E-state index in [0.717, 1.165) is 31.5 Å². The Balaban J connectivity index is 1.52. The van der Waals surface area contributed by atoms with Gasteiger partial charge in [0.05, 0.1) is 6.10 Å². The van der Waals surface area contributed by atoms with Crippen molar-refractivity contribution >= 4 is 0 Å². The molecule has 0 amide bonds. The number of piperidine rings is 1. The third-order valence-corrected chi connectivity index (χ3v) is 4.85. The van der Waals surface area contributed by atoms with Gasteiger partial charge in [-0.2, -0.15) is 0 Å². The molecule has 2 aromatic rings. The van der Waals surface area contributed by atoms with E-state index in [1.165, 1.54) is 11.1 Å². The molecule has 122 valence electrons. The van der Waals surface area contributed by atoms with Crippen LogP contribution < -0.4 is 0 Å². The first-order chi connectivity index (χ1) is 11.1. The van der Waals surface area contributed by atoms with E-state index >= 15 is 0 Å². The number of aliphatic hydroxyl groups excluding tert-OH is 1. The van der Waals surface area contributed by atoms with Crippen molar-refractivity contribution in [3.05, 3.63) is 65.2 Å². The molecule has 0 spiro atoms. The highest BCUT2D eigenvalue weighted by Gasteiger charge is 2.22. The predicted molar refractivity (Wildman–Crippen MR) is 92.7 cm³/mol. The van der Waals surface area contributed by atoms with Gasteiger partial charge in [-0.3, -0.25) is 0 Å². The highest BCUT2D eigenvalue weighted by molar-refractivity contribution is 5.27. The van der Waals surface area contributed by atoms with Crippen molar-refractivity contribution in [3.8, 4) is 5.75 Å². The van der Waals surface area contributed by atoms with Gasteiger partial charge in [-0.05, 0) is 62.0 Å². The molecule has 3 nitrogen and oxygen atoms in total. The van der Waals surface area contributed by atoms with E-state index in [1.54, 1.807) is 24.3 Å². The predicted octanol–water partition coefficient (Wildman–Crippen LogP) is 3.61. The van der Waals surface area contributed by atoms with Crippen LogP contribution in [0, 0.1) is 6.92 Å². The van der Waals surface area contributed by atoms with E-state index in [4.69, 9.17) is 0 Å². The van der Waals surface area contributed by atoms with Crippen molar-refractivity contribution in [1.82, 2.24) is 4.90 Å². The van der Waals surface area contributed by atoms with Gasteiger partial charge in [0.1, 0.15) is 5.75 Å². The summed E-state index contributed by atoms with van der Waals surface area (Å²) in [7, 11) is 0. The van der Waals surface area contributed by atoms with Crippen molar-refractivity contribution in [2.24, 2.45) is 0 Å². The van der Waals surface area contributed by atoms with Gasteiger partial charge in [-0.25, -0.2) is 0 Å². The number of phenolic OH excluding ortho intramolecular Hbond substituents is 1. The average molecular weight is 311 g/mol. The van der Waals surface area contributed by atoms with Gasteiger partial charge in [0.25, 0.3) is 0 Å². The number of hydrogen-bond donors (Lipinski definition) is 2. The normalized spacial score (nSPS) is 18.0. The lowest BCUT2D eigenvalue weighted by molar-refractivity contribution is 0.0972. The fourth-order valence-electron chi connectivity index (χ4n) is 3.33. The molecule has 0 bridgehead atoms. The molecule has 1 heterocycles. The van der Waals surface area contributed by atoms with Crippen LogP contribution in [-0.2, 0) is 0 Å². The molecule has 0 aliphatic carbocycles. The molecule has 1 aliphatic heterocycles. The van der Waals surface area contributed by atoms with Crippen LogP contribution in [-0.4, -0.2) is 34.7 Å². The summed E-state index contributed by atoms with van der Waals surface area (Å²) in [4.78, 5) is 2.34. The van der Waals surface area contributed by atoms with Crippen molar-refractivity contribution in [3.63, 3.8) is 0 Å². The standard InChI is InChI=1S/C20H25NO2/c1-15-2-4-16(5-3-15)17-10-12-21(13-11-17)14-20(23)18-6-8-19(22)9-7-18/h2-9,17,20,22-23H,10-14H2,1H3. The molecular weight excluding hydrogens is 286 g/mol. The van der Waals surface area contributed by atoms with E-state index in [-0.39, 0.29) is 5.75 Å². The Morgan fingerprint density at radius 2 is 1.61 bits per heavy atom. The Labute approximate surface area is 138 Å². The fraction of sp³-hybridized carbons (Fsp3) is 0.400. The average Bonchev–Trinajstić information content (AvgIpc) is 2.57. The van der Waals surface area contributed by atoms with Crippen LogP contribution in [0.25, 0.3) is 0 Å². The van der Waals surface area contributed by atoms with Crippen LogP contribution in [0.1, 0.15) is 41.6 Å². The van der Waals surface area contributed by atoms with Crippen LogP contribution in [0.15, 0.2) is 48.5 Å². The van der Waals surface area contributed by atoms with Crippen molar-refractivity contribution in [2.45, 2.75) is 31.8 Å². The second-order valence-corrected chi connectivity index (χ2v) is 6.59. The second-order valence-electron chi connectivity index (χ2n) is 6.59. The number of aryl methyl sites for hydroxylation is 1. The summed E-state index contributed by atoms with van der Waals surface area (Å²) < 4.78 is 0. The molecule has 1 unspecified atom stereocenters. The minimum atomic E-state index is -0.494. The monoisotopic (exact) mass is 311 g/mol. The zero-order valence-corrected chi connectivity index (χ0v) is 13.7. The number of aliphatic hydroxyl groups is 1. The SMILES string of the molecule is Cc1ccc(C2CCN(CC(O)c3ccc(O)cc3)CC2)cc1. The molecule has 23 heavy (non-hydrogen) atoms. The van der Waals surface area contributed by atoms with E-state index in [9.17, 15) is 10.2 Å².